The van der Waals surface area contributed by atoms with E-state index in [1.807, 2.05) is 0 Å². The molecule has 3 nitrogen and oxygen atoms in total. The van der Waals surface area contributed by atoms with Crippen molar-refractivity contribution in [1.29, 1.82) is 0 Å². The van der Waals surface area contributed by atoms with Gasteiger partial charge in [-0.05, 0) is 20.0 Å². The average molecular weight is 171 g/mol. The molecule has 0 aromatic heterocycles. The second-order valence-corrected chi connectivity index (χ2v) is 4.27. The maximum atomic E-state index is 5.79. The maximum absolute atomic E-state index is 5.79. The summed E-state index contributed by atoms with van der Waals surface area (Å²) in [6.07, 6.45) is 1.18. The van der Waals surface area contributed by atoms with E-state index in [9.17, 15) is 0 Å². The summed E-state index contributed by atoms with van der Waals surface area (Å²) in [4.78, 5) is 2.34. The number of nitrogens with one attached hydrogen (secondary N) is 1. The Morgan fingerprint density at radius 1 is 1.58 bits per heavy atom. The Morgan fingerprint density at radius 3 is 2.58 bits per heavy atom. The second kappa shape index (κ2) is 3.73. The summed E-state index contributed by atoms with van der Waals surface area (Å²) in [6, 6.07) is 0.528. The van der Waals surface area contributed by atoms with Crippen LogP contribution in [0.1, 0.15) is 20.3 Å². The highest BCUT2D eigenvalue weighted by Gasteiger charge is 2.35. The van der Waals surface area contributed by atoms with Crippen LogP contribution in [0.2, 0.25) is 0 Å². The lowest BCUT2D eigenvalue weighted by Crippen LogP contribution is -2.55. The van der Waals surface area contributed by atoms with Crippen LogP contribution in [-0.4, -0.2) is 43.2 Å². The highest BCUT2D eigenvalue weighted by Crippen LogP contribution is 2.19. The van der Waals surface area contributed by atoms with Gasteiger partial charge in [-0.1, -0.05) is 13.8 Å². The Bertz CT molecular complexity index is 147. The fraction of sp³-hybridized carbons (Fsp3) is 1.00. The zero-order valence-corrected chi connectivity index (χ0v) is 8.43. The normalized spacial score (nSPS) is 31.8. The summed E-state index contributed by atoms with van der Waals surface area (Å²) in [6.45, 7) is 7.35. The van der Waals surface area contributed by atoms with Crippen LogP contribution in [-0.2, 0) is 0 Å². The average Bonchev–Trinajstić information content (AvgIpc) is 2.32. The quantitative estimate of drug-likeness (QED) is 0.629. The zero-order chi connectivity index (χ0) is 9.19. The van der Waals surface area contributed by atoms with Gasteiger partial charge in [0, 0.05) is 24.7 Å². The molecule has 1 atom stereocenters. The minimum Gasteiger partial charge on any atom is -0.329 e. The Morgan fingerprint density at radius 2 is 2.25 bits per heavy atom. The third kappa shape index (κ3) is 2.19. The number of hydrogen-bond donors (Lipinski definition) is 2. The molecule has 1 rings (SSSR count). The summed E-state index contributed by atoms with van der Waals surface area (Å²) in [5, 5.41) is 3.57. The van der Waals surface area contributed by atoms with Crippen LogP contribution >= 0.6 is 0 Å². The topological polar surface area (TPSA) is 41.3 Å². The van der Waals surface area contributed by atoms with Crippen LogP contribution in [0.4, 0.5) is 0 Å². The molecule has 1 fully saturated rings. The first-order valence-corrected chi connectivity index (χ1v) is 4.74. The van der Waals surface area contributed by atoms with Gasteiger partial charge in [-0.25, -0.2) is 0 Å². The van der Waals surface area contributed by atoms with E-state index in [0.29, 0.717) is 6.04 Å². The van der Waals surface area contributed by atoms with Crippen molar-refractivity contribution in [3.63, 3.8) is 0 Å². The Hall–Kier alpha value is -0.120. The van der Waals surface area contributed by atoms with Gasteiger partial charge in [0.1, 0.15) is 0 Å². The molecular formula is C9H21N3. The smallest absolute Gasteiger partial charge is 0.0446 e. The fourth-order valence-electron chi connectivity index (χ4n) is 2.04. The standard InChI is InChI=1S/C9H21N3/c1-8(2)11-9(6-10)4-5-12(3)7-9/h8,11H,4-7,10H2,1-3H3. The third-order valence-electron chi connectivity index (χ3n) is 2.53. The van der Waals surface area contributed by atoms with E-state index in [4.69, 9.17) is 5.73 Å². The van der Waals surface area contributed by atoms with Crippen molar-refractivity contribution < 1.29 is 0 Å². The summed E-state index contributed by atoms with van der Waals surface area (Å²) < 4.78 is 0. The lowest BCUT2D eigenvalue weighted by atomic mass is 9.98. The SMILES string of the molecule is CC(C)NC1(CN)CCN(C)C1. The molecule has 0 aliphatic carbocycles. The van der Waals surface area contributed by atoms with Gasteiger partial charge in [-0.3, -0.25) is 0 Å². The minimum absolute atomic E-state index is 0.183. The Kier molecular flexibility index (Phi) is 3.09. The van der Waals surface area contributed by atoms with Gasteiger partial charge in [-0.15, -0.1) is 0 Å². The van der Waals surface area contributed by atoms with Gasteiger partial charge in [0.25, 0.3) is 0 Å². The summed E-state index contributed by atoms with van der Waals surface area (Å²) in [7, 11) is 2.15. The van der Waals surface area contributed by atoms with Crippen molar-refractivity contribution in [3.05, 3.63) is 0 Å². The highest BCUT2D eigenvalue weighted by atomic mass is 15.2. The first kappa shape index (κ1) is 9.96. The zero-order valence-electron chi connectivity index (χ0n) is 8.43. The van der Waals surface area contributed by atoms with Crippen molar-refractivity contribution >= 4 is 0 Å². The molecule has 0 bridgehead atoms. The minimum atomic E-state index is 0.183. The van der Waals surface area contributed by atoms with E-state index in [1.165, 1.54) is 6.42 Å². The van der Waals surface area contributed by atoms with E-state index in [2.05, 4.69) is 31.1 Å². The molecule has 0 amide bonds. The number of likely N-dealkylation sites (tertiary alicyclic amines) is 1. The predicted molar refractivity (Wildman–Crippen MR) is 52.2 cm³/mol. The number of nitrogens with zero attached hydrogens (tertiary/aromatic N) is 1. The van der Waals surface area contributed by atoms with Crippen molar-refractivity contribution in [2.75, 3.05) is 26.7 Å². The van der Waals surface area contributed by atoms with Crippen molar-refractivity contribution in [3.8, 4) is 0 Å². The first-order valence-electron chi connectivity index (χ1n) is 4.74. The van der Waals surface area contributed by atoms with E-state index < -0.39 is 0 Å². The molecule has 0 spiro atoms. The third-order valence-corrected chi connectivity index (χ3v) is 2.53. The van der Waals surface area contributed by atoms with Crippen LogP contribution in [0, 0.1) is 0 Å². The van der Waals surface area contributed by atoms with Crippen LogP contribution in [0.15, 0.2) is 0 Å². The molecule has 1 aliphatic rings. The number of rotatable bonds is 3. The molecule has 1 saturated heterocycles. The van der Waals surface area contributed by atoms with E-state index in [-0.39, 0.29) is 5.54 Å². The lowest BCUT2D eigenvalue weighted by Gasteiger charge is -2.31. The van der Waals surface area contributed by atoms with Crippen molar-refractivity contribution in [2.45, 2.75) is 31.8 Å². The van der Waals surface area contributed by atoms with Crippen molar-refractivity contribution in [2.24, 2.45) is 5.73 Å². The van der Waals surface area contributed by atoms with E-state index >= 15 is 0 Å². The van der Waals surface area contributed by atoms with Gasteiger partial charge in [0.2, 0.25) is 0 Å². The molecule has 1 aliphatic heterocycles. The summed E-state index contributed by atoms with van der Waals surface area (Å²) >= 11 is 0. The molecular weight excluding hydrogens is 150 g/mol. The monoisotopic (exact) mass is 171 g/mol. The molecule has 72 valence electrons. The molecule has 0 aromatic carbocycles. The van der Waals surface area contributed by atoms with Crippen LogP contribution < -0.4 is 11.1 Å². The van der Waals surface area contributed by atoms with E-state index in [1.54, 1.807) is 0 Å². The largest absolute Gasteiger partial charge is 0.329 e. The fourth-order valence-corrected chi connectivity index (χ4v) is 2.04. The highest BCUT2D eigenvalue weighted by molar-refractivity contribution is 4.97. The summed E-state index contributed by atoms with van der Waals surface area (Å²) in [5.41, 5.74) is 5.97. The molecule has 0 radical (unpaired) electrons. The van der Waals surface area contributed by atoms with Gasteiger partial charge in [-0.2, -0.15) is 0 Å². The molecule has 1 unspecified atom stereocenters. The predicted octanol–water partition coefficient (Wildman–Crippen LogP) is 0.0174. The first-order chi connectivity index (χ1) is 5.58. The molecule has 0 aromatic rings. The Labute approximate surface area is 75.3 Å². The molecule has 3 N–H and O–H groups in total. The van der Waals surface area contributed by atoms with Gasteiger partial charge in [0.05, 0.1) is 0 Å². The number of hydrogen-bond acceptors (Lipinski definition) is 3. The van der Waals surface area contributed by atoms with Crippen LogP contribution in [0.5, 0.6) is 0 Å². The van der Waals surface area contributed by atoms with Crippen LogP contribution in [0.25, 0.3) is 0 Å². The molecule has 3 heteroatoms. The van der Waals surface area contributed by atoms with Crippen LogP contribution in [0.3, 0.4) is 0 Å². The summed E-state index contributed by atoms with van der Waals surface area (Å²) in [5.74, 6) is 0. The second-order valence-electron chi connectivity index (χ2n) is 4.27. The van der Waals surface area contributed by atoms with Gasteiger partial charge in [0.15, 0.2) is 0 Å². The molecule has 1 heterocycles. The van der Waals surface area contributed by atoms with Gasteiger partial charge < -0.3 is 16.0 Å². The van der Waals surface area contributed by atoms with Crippen molar-refractivity contribution in [1.82, 2.24) is 10.2 Å². The molecule has 12 heavy (non-hydrogen) atoms. The van der Waals surface area contributed by atoms with E-state index in [0.717, 1.165) is 19.6 Å². The number of likely N-dealkylation sites (N-methyl/N-ethyl adjacent to an activating group) is 1. The lowest BCUT2D eigenvalue weighted by molar-refractivity contribution is 0.297. The molecule has 0 saturated carbocycles. The number of nitrogens with two attached hydrogens (primary N) is 1. The Balaban J connectivity index is 2.52. The maximum Gasteiger partial charge on any atom is 0.0446 e. The van der Waals surface area contributed by atoms with Gasteiger partial charge >= 0.3 is 0 Å².